The van der Waals surface area contributed by atoms with Gasteiger partial charge in [-0.25, -0.2) is 0 Å². The lowest BCUT2D eigenvalue weighted by molar-refractivity contribution is -0.128. The third-order valence-corrected chi connectivity index (χ3v) is 12.5. The van der Waals surface area contributed by atoms with Crippen LogP contribution in [0.2, 0.25) is 0 Å². The van der Waals surface area contributed by atoms with Crippen molar-refractivity contribution >= 4 is 31.4 Å². The summed E-state index contributed by atoms with van der Waals surface area (Å²) in [5.41, 5.74) is 2.58. The first-order valence-electron chi connectivity index (χ1n) is 21.3. The van der Waals surface area contributed by atoms with Crippen LogP contribution in [0.5, 0.6) is 0 Å². The van der Waals surface area contributed by atoms with Crippen molar-refractivity contribution < 1.29 is 14.2 Å². The van der Waals surface area contributed by atoms with E-state index < -0.39 is 5.60 Å². The molecular weight excluding hydrogens is 643 g/mol. The standard InChI is InChI=1S/C24H40BO2S.C8H18.C7H14O.C7H14/c1-10-14-24(15-11-2,21(26)17(3)4)20-13-12-19(16-18(20)5)25-27-22(6,7)23(8,9)28;1-4-6-7-8(3)5-2;1-3-6(2)7-4-8-5-7;1-3-7-4-6(2)5-7/h12-13,16-17,28H,10-11,14-15H2,1-9H3;8H,4-7H2,1-3H3;6-7H,3-5H2,1-2H3;6-7H,3-5H2,1-2H3. The largest absolute Gasteiger partial charge is 0.428 e. The average Bonchev–Trinajstić information content (AvgIpc) is 3.03. The number of hydrogen-bond acceptors (Lipinski definition) is 4. The Balaban J connectivity index is 0.000000863. The molecule has 1 saturated heterocycles. The first kappa shape index (κ1) is 50.2. The molecule has 51 heavy (non-hydrogen) atoms. The molecule has 1 saturated carbocycles. The molecule has 2 aliphatic rings. The summed E-state index contributed by atoms with van der Waals surface area (Å²) >= 11 is 4.66. The third-order valence-electron chi connectivity index (χ3n) is 12.0. The predicted octanol–water partition coefficient (Wildman–Crippen LogP) is 13.2. The second-order valence-corrected chi connectivity index (χ2v) is 18.8. The molecule has 1 aromatic carbocycles. The summed E-state index contributed by atoms with van der Waals surface area (Å²) in [6.45, 7) is 36.7. The fraction of sp³-hybridized carbons (Fsp3) is 0.848. The Labute approximate surface area is 326 Å². The molecule has 0 amide bonds. The Morgan fingerprint density at radius 3 is 1.80 bits per heavy atom. The van der Waals surface area contributed by atoms with Gasteiger partial charge in [-0.15, -0.1) is 0 Å². The lowest BCUT2D eigenvalue weighted by Crippen LogP contribution is -2.46. The van der Waals surface area contributed by atoms with Crippen LogP contribution in [0.25, 0.3) is 0 Å². The van der Waals surface area contributed by atoms with Crippen LogP contribution >= 0.6 is 12.6 Å². The van der Waals surface area contributed by atoms with Gasteiger partial charge in [0.15, 0.2) is 0 Å². The van der Waals surface area contributed by atoms with Crippen molar-refractivity contribution in [1.29, 1.82) is 0 Å². The Morgan fingerprint density at radius 2 is 1.49 bits per heavy atom. The van der Waals surface area contributed by atoms with Crippen LogP contribution in [-0.4, -0.2) is 36.8 Å². The molecule has 1 radical (unpaired) electrons. The summed E-state index contributed by atoms with van der Waals surface area (Å²) in [5.74, 6) is 5.24. The number of rotatable bonds is 18. The highest BCUT2D eigenvalue weighted by atomic mass is 32.1. The van der Waals surface area contributed by atoms with E-state index >= 15 is 0 Å². The predicted molar refractivity (Wildman–Crippen MR) is 231 cm³/mol. The van der Waals surface area contributed by atoms with Crippen molar-refractivity contribution in [3.8, 4) is 0 Å². The summed E-state index contributed by atoms with van der Waals surface area (Å²) < 4.78 is 10.9. The number of hydrogen-bond donors (Lipinski definition) is 1. The second kappa shape index (κ2) is 25.3. The minimum atomic E-state index is -0.398. The quantitative estimate of drug-likeness (QED) is 0.121. The van der Waals surface area contributed by atoms with E-state index in [1.807, 2.05) is 35.2 Å². The molecule has 5 heteroatoms. The highest BCUT2D eigenvalue weighted by Crippen LogP contribution is 2.39. The molecule has 0 N–H and O–H groups in total. The van der Waals surface area contributed by atoms with E-state index in [9.17, 15) is 4.79 Å². The zero-order valence-corrected chi connectivity index (χ0v) is 37.7. The Morgan fingerprint density at radius 1 is 0.922 bits per heavy atom. The second-order valence-electron chi connectivity index (χ2n) is 17.7. The molecule has 3 nitrogen and oxygen atoms in total. The number of thiol groups is 1. The topological polar surface area (TPSA) is 35.5 Å². The van der Waals surface area contributed by atoms with Gasteiger partial charge in [0.05, 0.1) is 24.2 Å². The molecule has 2 fully saturated rings. The minimum Gasteiger partial charge on any atom is -0.428 e. The molecule has 2 unspecified atom stereocenters. The first-order valence-corrected chi connectivity index (χ1v) is 21.7. The van der Waals surface area contributed by atoms with Crippen LogP contribution in [0.4, 0.5) is 0 Å². The summed E-state index contributed by atoms with van der Waals surface area (Å²) in [6.07, 6.45) is 15.0. The number of ketones is 1. The number of carbonyl (C=O) groups excluding carboxylic acids is 1. The molecule has 1 aromatic rings. The normalized spacial score (nSPS) is 18.8. The third kappa shape index (κ3) is 17.5. The van der Waals surface area contributed by atoms with E-state index in [0.717, 1.165) is 79.5 Å². The van der Waals surface area contributed by atoms with Crippen LogP contribution in [0.1, 0.15) is 192 Å². The summed E-state index contributed by atoms with van der Waals surface area (Å²) in [6, 6.07) is 6.37. The summed E-state index contributed by atoms with van der Waals surface area (Å²) in [7, 11) is 1.82. The minimum absolute atomic E-state index is 0.0329. The van der Waals surface area contributed by atoms with Gasteiger partial charge >= 0.3 is 7.48 Å². The van der Waals surface area contributed by atoms with Crippen molar-refractivity contribution in [2.24, 2.45) is 35.5 Å². The molecule has 3 rings (SSSR count). The fourth-order valence-corrected chi connectivity index (χ4v) is 6.96. The lowest BCUT2D eigenvalue weighted by atomic mass is 9.66. The number of Topliss-reactive ketones (excluding diaryl/α,β-unsaturated/α-hetero) is 1. The number of unbranched alkanes of at least 4 members (excludes halogenated alkanes) is 1. The van der Waals surface area contributed by atoms with Gasteiger partial charge in [0.2, 0.25) is 0 Å². The van der Waals surface area contributed by atoms with Crippen molar-refractivity contribution in [1.82, 2.24) is 0 Å². The highest BCUT2D eigenvalue weighted by Gasteiger charge is 2.40. The van der Waals surface area contributed by atoms with Gasteiger partial charge < -0.3 is 9.39 Å². The average molecular weight is 730 g/mol. The van der Waals surface area contributed by atoms with Crippen LogP contribution in [0, 0.1) is 42.4 Å². The molecule has 1 aliphatic carbocycles. The van der Waals surface area contributed by atoms with Crippen molar-refractivity contribution in [3.63, 3.8) is 0 Å². The Hall–Kier alpha value is -0.775. The fourth-order valence-electron chi connectivity index (χ4n) is 6.91. The number of carbonyl (C=O) groups is 1. The lowest BCUT2D eigenvalue weighted by Gasteiger charge is -2.38. The van der Waals surface area contributed by atoms with E-state index in [1.54, 1.807) is 0 Å². The monoisotopic (exact) mass is 730 g/mol. The SMILES string of the molecule is CCC(C)C1COC1.CCC1CC(C)C1.CCCC(CCC)(C(=O)C(C)C)c1ccc([B]OC(C)(C)C(C)(C)S)cc1C.CCCCC(C)CC. The van der Waals surface area contributed by atoms with Crippen LogP contribution in [0.15, 0.2) is 18.2 Å². The van der Waals surface area contributed by atoms with Crippen LogP contribution < -0.4 is 5.46 Å². The zero-order chi connectivity index (χ0) is 39.4. The van der Waals surface area contributed by atoms with Gasteiger partial charge in [0, 0.05) is 16.6 Å². The Kier molecular flexibility index (Phi) is 24.9. The van der Waals surface area contributed by atoms with Crippen LogP contribution in [0.3, 0.4) is 0 Å². The smallest absolute Gasteiger partial charge is 0.330 e. The van der Waals surface area contributed by atoms with Gasteiger partial charge in [0.1, 0.15) is 5.78 Å². The van der Waals surface area contributed by atoms with E-state index in [1.165, 1.54) is 56.9 Å². The van der Waals surface area contributed by atoms with E-state index in [-0.39, 0.29) is 16.1 Å². The maximum absolute atomic E-state index is 13.3. The first-order chi connectivity index (χ1) is 23.8. The number of ether oxygens (including phenoxy) is 1. The van der Waals surface area contributed by atoms with Gasteiger partial charge in [-0.3, -0.25) is 4.79 Å². The molecule has 0 spiro atoms. The van der Waals surface area contributed by atoms with Gasteiger partial charge in [-0.05, 0) is 95.1 Å². The van der Waals surface area contributed by atoms with Crippen molar-refractivity contribution in [2.45, 2.75) is 204 Å². The molecular formula is C46H86BO3S. The van der Waals surface area contributed by atoms with Gasteiger partial charge in [-0.2, -0.15) is 12.6 Å². The molecule has 297 valence electrons. The maximum Gasteiger partial charge on any atom is 0.330 e. The van der Waals surface area contributed by atoms with Gasteiger partial charge in [-0.1, -0.05) is 151 Å². The van der Waals surface area contributed by atoms with Gasteiger partial charge in [0.25, 0.3) is 0 Å². The highest BCUT2D eigenvalue weighted by molar-refractivity contribution is 7.81. The maximum atomic E-state index is 13.3. The van der Waals surface area contributed by atoms with Crippen molar-refractivity contribution in [2.75, 3.05) is 13.2 Å². The molecule has 1 aliphatic heterocycles. The molecule has 0 bridgehead atoms. The van der Waals surface area contributed by atoms with E-state index in [2.05, 4.69) is 114 Å². The summed E-state index contributed by atoms with van der Waals surface area (Å²) in [5, 5.41) is 0. The molecule has 1 heterocycles. The Bertz CT molecular complexity index is 1040. The van der Waals surface area contributed by atoms with E-state index in [0.29, 0.717) is 5.78 Å². The molecule has 0 aromatic heterocycles. The number of aryl methyl sites for hydroxylation is 1. The van der Waals surface area contributed by atoms with Crippen molar-refractivity contribution in [3.05, 3.63) is 29.3 Å². The number of benzene rings is 1. The summed E-state index contributed by atoms with van der Waals surface area (Å²) in [4.78, 5) is 13.3. The van der Waals surface area contributed by atoms with E-state index in [4.69, 9.17) is 9.39 Å². The zero-order valence-electron chi connectivity index (χ0n) is 36.8. The molecule has 2 atom stereocenters. The van der Waals surface area contributed by atoms with Crippen LogP contribution in [-0.2, 0) is 19.6 Å².